The topological polar surface area (TPSA) is 235 Å². The predicted octanol–water partition coefficient (Wildman–Crippen LogP) is 0.813. The number of carbonyl (C=O) groups is 5. The van der Waals surface area contributed by atoms with Crippen molar-refractivity contribution in [3.8, 4) is 0 Å². The first kappa shape index (κ1) is 43.0. The van der Waals surface area contributed by atoms with E-state index in [1.165, 1.54) is 0 Å². The molecule has 1 fully saturated rings. The molecule has 14 nitrogen and oxygen atoms in total. The summed E-state index contributed by atoms with van der Waals surface area (Å²) in [5, 5.41) is 21.7. The lowest BCUT2D eigenvalue weighted by atomic mass is 9.87. The van der Waals surface area contributed by atoms with Gasteiger partial charge in [0, 0.05) is 19.5 Å². The molecule has 1 aliphatic rings. The number of aliphatic carboxylic acids is 1. The van der Waals surface area contributed by atoms with Crippen molar-refractivity contribution in [1.29, 1.82) is 0 Å². The third-order valence-electron chi connectivity index (χ3n) is 9.63. The lowest BCUT2D eigenvalue weighted by Gasteiger charge is -2.40. The molecule has 53 heavy (non-hydrogen) atoms. The first-order valence-corrected chi connectivity index (χ1v) is 18.8. The zero-order chi connectivity index (χ0) is 38.8. The molecule has 292 valence electrons. The molecular formula is C39H60N8O6. The Kier molecular flexibility index (Phi) is 17.9. The average Bonchev–Trinajstić information content (AvgIpc) is 3.14. The van der Waals surface area contributed by atoms with Crippen LogP contribution in [0.25, 0.3) is 0 Å². The molecule has 0 aliphatic carbocycles. The highest BCUT2D eigenvalue weighted by atomic mass is 16.4. The number of carboxylic acid groups (broad SMARTS) is 1. The SMILES string of the molecule is CC(C)C[C@@H](NC(=O)[C@@H](Cc1ccccc1)NC(=O)[C@H](N)Cc1ccccc1)C(=O)N[C@H](CCCCN)C(=O)N1CCC(NCCCN)(C(=O)O)CC1. The molecule has 0 spiro atoms. The minimum absolute atomic E-state index is 0.00286. The first-order valence-electron chi connectivity index (χ1n) is 18.8. The van der Waals surface area contributed by atoms with Gasteiger partial charge in [0.1, 0.15) is 23.7 Å². The monoisotopic (exact) mass is 736 g/mol. The summed E-state index contributed by atoms with van der Waals surface area (Å²) in [5.74, 6) is -2.86. The van der Waals surface area contributed by atoms with Crippen molar-refractivity contribution in [2.75, 3.05) is 32.7 Å². The summed E-state index contributed by atoms with van der Waals surface area (Å²) in [6.45, 7) is 5.55. The smallest absolute Gasteiger partial charge is 0.324 e. The fraction of sp³-hybridized carbons (Fsp3) is 0.564. The zero-order valence-electron chi connectivity index (χ0n) is 31.2. The van der Waals surface area contributed by atoms with Crippen molar-refractivity contribution in [3.63, 3.8) is 0 Å². The van der Waals surface area contributed by atoms with E-state index in [2.05, 4.69) is 21.3 Å². The molecule has 14 heteroatoms. The number of rotatable bonds is 22. The van der Waals surface area contributed by atoms with E-state index < -0.39 is 53.4 Å². The Morgan fingerprint density at radius 3 is 1.81 bits per heavy atom. The van der Waals surface area contributed by atoms with Crippen LogP contribution in [0.3, 0.4) is 0 Å². The summed E-state index contributed by atoms with van der Waals surface area (Å²) in [4.78, 5) is 69.0. The number of likely N-dealkylation sites (tertiary alicyclic amines) is 1. The maximum atomic E-state index is 14.0. The van der Waals surface area contributed by atoms with Crippen molar-refractivity contribution >= 4 is 29.6 Å². The first-order chi connectivity index (χ1) is 25.4. The minimum Gasteiger partial charge on any atom is -0.480 e. The Morgan fingerprint density at radius 1 is 0.736 bits per heavy atom. The number of hydrogen-bond donors (Lipinski definition) is 8. The number of carbonyl (C=O) groups excluding carboxylic acids is 4. The Hall–Kier alpha value is -4.37. The van der Waals surface area contributed by atoms with Crippen molar-refractivity contribution in [1.82, 2.24) is 26.2 Å². The van der Waals surface area contributed by atoms with Gasteiger partial charge >= 0.3 is 5.97 Å². The molecule has 2 aromatic carbocycles. The summed E-state index contributed by atoms with van der Waals surface area (Å²) in [6.07, 6.45) is 3.32. The number of nitrogens with two attached hydrogens (primary N) is 3. The van der Waals surface area contributed by atoms with Gasteiger partial charge in [-0.3, -0.25) is 24.0 Å². The Labute approximate surface area is 313 Å². The van der Waals surface area contributed by atoms with E-state index in [1.807, 2.05) is 74.5 Å². The van der Waals surface area contributed by atoms with E-state index in [9.17, 15) is 29.1 Å². The Morgan fingerprint density at radius 2 is 1.26 bits per heavy atom. The van der Waals surface area contributed by atoms with Crippen molar-refractivity contribution < 1.29 is 29.1 Å². The van der Waals surface area contributed by atoms with Gasteiger partial charge in [-0.15, -0.1) is 0 Å². The molecule has 0 unspecified atom stereocenters. The van der Waals surface area contributed by atoms with Crippen LogP contribution in [-0.2, 0) is 36.8 Å². The average molecular weight is 737 g/mol. The van der Waals surface area contributed by atoms with E-state index in [1.54, 1.807) is 4.90 Å². The summed E-state index contributed by atoms with van der Waals surface area (Å²) >= 11 is 0. The zero-order valence-corrected chi connectivity index (χ0v) is 31.2. The lowest BCUT2D eigenvalue weighted by Crippen LogP contribution is -2.62. The number of carboxylic acids is 1. The van der Waals surface area contributed by atoms with Gasteiger partial charge in [-0.1, -0.05) is 74.5 Å². The number of nitrogens with one attached hydrogen (secondary N) is 4. The van der Waals surface area contributed by atoms with Crippen LogP contribution in [0.1, 0.15) is 69.9 Å². The maximum absolute atomic E-state index is 14.0. The number of piperidine rings is 1. The molecule has 4 atom stereocenters. The second kappa shape index (κ2) is 22.0. The highest BCUT2D eigenvalue weighted by molar-refractivity contribution is 5.95. The number of nitrogens with zero attached hydrogens (tertiary/aromatic N) is 1. The van der Waals surface area contributed by atoms with E-state index in [0.717, 1.165) is 11.1 Å². The summed E-state index contributed by atoms with van der Waals surface area (Å²) in [5.41, 5.74) is 18.1. The third kappa shape index (κ3) is 13.8. The number of benzene rings is 2. The molecule has 1 saturated heterocycles. The van der Waals surface area contributed by atoms with E-state index >= 15 is 0 Å². The van der Waals surface area contributed by atoms with Gasteiger partial charge in [0.15, 0.2) is 0 Å². The highest BCUT2D eigenvalue weighted by Gasteiger charge is 2.43. The van der Waals surface area contributed by atoms with Gasteiger partial charge < -0.3 is 48.5 Å². The fourth-order valence-corrected chi connectivity index (χ4v) is 6.52. The summed E-state index contributed by atoms with van der Waals surface area (Å²) in [7, 11) is 0. The van der Waals surface area contributed by atoms with E-state index in [0.29, 0.717) is 45.3 Å². The van der Waals surface area contributed by atoms with Gasteiger partial charge in [0.2, 0.25) is 23.6 Å². The molecule has 0 radical (unpaired) electrons. The predicted molar refractivity (Wildman–Crippen MR) is 204 cm³/mol. The molecule has 1 aliphatic heterocycles. The normalized spacial score (nSPS) is 16.2. The second-order valence-corrected chi connectivity index (χ2v) is 14.4. The lowest BCUT2D eigenvalue weighted by molar-refractivity contribution is -0.150. The molecule has 2 aromatic rings. The summed E-state index contributed by atoms with van der Waals surface area (Å²) < 4.78 is 0. The molecule has 4 amide bonds. The Balaban J connectivity index is 1.76. The van der Waals surface area contributed by atoms with Crippen LogP contribution < -0.4 is 38.5 Å². The van der Waals surface area contributed by atoms with Crippen LogP contribution in [0, 0.1) is 5.92 Å². The maximum Gasteiger partial charge on any atom is 0.324 e. The molecule has 0 bridgehead atoms. The van der Waals surface area contributed by atoms with Crippen molar-refractivity contribution in [2.24, 2.45) is 23.1 Å². The van der Waals surface area contributed by atoms with Gasteiger partial charge in [-0.2, -0.15) is 0 Å². The van der Waals surface area contributed by atoms with Crippen LogP contribution in [0.5, 0.6) is 0 Å². The quantitative estimate of drug-likeness (QED) is 0.0793. The fourth-order valence-electron chi connectivity index (χ4n) is 6.52. The van der Waals surface area contributed by atoms with Crippen LogP contribution in [0.15, 0.2) is 60.7 Å². The molecule has 0 saturated carbocycles. The minimum atomic E-state index is -1.16. The number of hydrogen-bond acceptors (Lipinski definition) is 9. The van der Waals surface area contributed by atoms with Crippen LogP contribution in [-0.4, -0.2) is 102 Å². The van der Waals surface area contributed by atoms with E-state index in [-0.39, 0.29) is 57.0 Å². The largest absolute Gasteiger partial charge is 0.480 e. The molecular weight excluding hydrogens is 676 g/mol. The van der Waals surface area contributed by atoms with E-state index in [4.69, 9.17) is 17.2 Å². The van der Waals surface area contributed by atoms with Gasteiger partial charge in [-0.05, 0) is 88.0 Å². The number of amides is 4. The van der Waals surface area contributed by atoms with Crippen LogP contribution in [0.2, 0.25) is 0 Å². The Bertz CT molecular complexity index is 1450. The van der Waals surface area contributed by atoms with Crippen LogP contribution in [0.4, 0.5) is 0 Å². The molecule has 11 N–H and O–H groups in total. The van der Waals surface area contributed by atoms with Gasteiger partial charge in [0.05, 0.1) is 6.04 Å². The number of unbranched alkanes of at least 4 members (excludes halogenated alkanes) is 1. The van der Waals surface area contributed by atoms with Gasteiger partial charge in [0.25, 0.3) is 0 Å². The third-order valence-corrected chi connectivity index (χ3v) is 9.63. The van der Waals surface area contributed by atoms with Crippen molar-refractivity contribution in [3.05, 3.63) is 71.8 Å². The van der Waals surface area contributed by atoms with Crippen LogP contribution >= 0.6 is 0 Å². The standard InChI is InChI=1S/C39H60N8O6/c1-27(2)24-32(46-36(50)33(26-29-14-7-4-8-15-29)45-34(48)30(42)25-28-12-5-3-6-13-28)35(49)44-31(16-9-10-19-40)37(51)47-22-17-39(18-23-47,38(52)53)43-21-11-20-41/h3-8,12-15,27,30-33,43H,9-11,16-26,40-42H2,1-2H3,(H,44,49)(H,45,48)(H,46,50)(H,52,53)/t30-,31-,32-,33-/m1/s1. The highest BCUT2D eigenvalue weighted by Crippen LogP contribution is 2.24. The molecule has 0 aromatic heterocycles. The molecule has 3 rings (SSSR count). The van der Waals surface area contributed by atoms with Crippen molar-refractivity contribution in [2.45, 2.75) is 101 Å². The summed E-state index contributed by atoms with van der Waals surface area (Å²) in [6, 6.07) is 14.7. The second-order valence-electron chi connectivity index (χ2n) is 14.4. The van der Waals surface area contributed by atoms with Gasteiger partial charge in [-0.25, -0.2) is 0 Å². The molecule has 1 heterocycles.